The van der Waals surface area contributed by atoms with Crippen LogP contribution in [0.15, 0.2) is 12.5 Å². The zero-order valence-electron chi connectivity index (χ0n) is 6.99. The van der Waals surface area contributed by atoms with Crippen LogP contribution in [0.3, 0.4) is 0 Å². The molecule has 1 unspecified atom stereocenters. The van der Waals surface area contributed by atoms with E-state index in [-0.39, 0.29) is 6.04 Å². The smallest absolute Gasteiger partial charge is 0.0946 e. The summed E-state index contributed by atoms with van der Waals surface area (Å²) in [6.45, 7) is 0. The Morgan fingerprint density at radius 2 is 2.67 bits per heavy atom. The van der Waals surface area contributed by atoms with Crippen molar-refractivity contribution in [2.24, 2.45) is 12.9 Å². The monoisotopic (exact) mass is 164 g/mol. The Morgan fingerprint density at radius 3 is 3.08 bits per heavy atom. The summed E-state index contributed by atoms with van der Waals surface area (Å²) < 4.78 is 1.89. The van der Waals surface area contributed by atoms with Gasteiger partial charge in [-0.05, 0) is 0 Å². The van der Waals surface area contributed by atoms with Crippen molar-refractivity contribution in [2.45, 2.75) is 12.5 Å². The number of aryl methyl sites for hydroxylation is 1. The van der Waals surface area contributed by atoms with E-state index in [0.29, 0.717) is 6.42 Å². The molecule has 12 heavy (non-hydrogen) atoms. The maximum atomic E-state index is 5.33. The molecule has 0 aromatic carbocycles. The highest BCUT2D eigenvalue weighted by Gasteiger charge is 2.10. The van der Waals surface area contributed by atoms with Crippen molar-refractivity contribution in [3.8, 4) is 12.3 Å². The van der Waals surface area contributed by atoms with Crippen LogP contribution in [0, 0.1) is 12.3 Å². The second kappa shape index (κ2) is 3.90. The first-order valence-electron chi connectivity index (χ1n) is 3.65. The van der Waals surface area contributed by atoms with Crippen LogP contribution in [-0.2, 0) is 7.05 Å². The topological polar surface area (TPSA) is 55.9 Å². The van der Waals surface area contributed by atoms with Gasteiger partial charge in [-0.25, -0.2) is 4.98 Å². The Labute approximate surface area is 71.8 Å². The van der Waals surface area contributed by atoms with Gasteiger partial charge in [-0.2, -0.15) is 0 Å². The van der Waals surface area contributed by atoms with Gasteiger partial charge in [-0.15, -0.1) is 12.3 Å². The van der Waals surface area contributed by atoms with Crippen molar-refractivity contribution in [1.82, 2.24) is 15.0 Å². The van der Waals surface area contributed by atoms with Gasteiger partial charge in [0.25, 0.3) is 0 Å². The maximum Gasteiger partial charge on any atom is 0.0946 e. The Morgan fingerprint density at radius 1 is 1.92 bits per heavy atom. The van der Waals surface area contributed by atoms with Crippen molar-refractivity contribution in [1.29, 1.82) is 0 Å². The summed E-state index contributed by atoms with van der Waals surface area (Å²) in [6, 6.07) is -0.0116. The van der Waals surface area contributed by atoms with Crippen LogP contribution in [0.25, 0.3) is 0 Å². The minimum Gasteiger partial charge on any atom is -0.336 e. The minimum atomic E-state index is -0.0116. The summed E-state index contributed by atoms with van der Waals surface area (Å²) in [4.78, 5) is 3.97. The van der Waals surface area contributed by atoms with E-state index < -0.39 is 0 Å². The van der Waals surface area contributed by atoms with E-state index in [9.17, 15) is 0 Å². The largest absolute Gasteiger partial charge is 0.336 e. The molecule has 0 saturated carbocycles. The van der Waals surface area contributed by atoms with Crippen LogP contribution in [-0.4, -0.2) is 9.55 Å². The number of aromatic nitrogens is 2. The van der Waals surface area contributed by atoms with E-state index in [1.807, 2.05) is 11.6 Å². The number of nitrogens with two attached hydrogens (primary N) is 1. The first-order chi connectivity index (χ1) is 5.79. The highest BCUT2D eigenvalue weighted by atomic mass is 15.2. The molecule has 4 nitrogen and oxygen atoms in total. The standard InChI is InChI=1S/C8H12N4/c1-3-4-7(11-9)8-5-10-6-12(8)2/h1,5-7,11H,4,9H2,2H3. The Balaban J connectivity index is 2.81. The van der Waals surface area contributed by atoms with Crippen LogP contribution in [0.4, 0.5) is 0 Å². The van der Waals surface area contributed by atoms with Gasteiger partial charge >= 0.3 is 0 Å². The van der Waals surface area contributed by atoms with E-state index in [1.54, 1.807) is 12.5 Å². The first-order valence-corrected chi connectivity index (χ1v) is 3.65. The van der Waals surface area contributed by atoms with Gasteiger partial charge in [0.05, 0.1) is 18.1 Å². The third kappa shape index (κ3) is 1.64. The van der Waals surface area contributed by atoms with Gasteiger partial charge < -0.3 is 4.57 Å². The molecule has 0 fully saturated rings. The van der Waals surface area contributed by atoms with Gasteiger partial charge in [-0.1, -0.05) is 0 Å². The zero-order chi connectivity index (χ0) is 8.97. The predicted octanol–water partition coefficient (Wildman–Crippen LogP) is -0.0522. The number of rotatable bonds is 3. The van der Waals surface area contributed by atoms with Crippen LogP contribution in [0.2, 0.25) is 0 Å². The SMILES string of the molecule is C#CCC(NN)c1cncn1C. The van der Waals surface area contributed by atoms with Crippen molar-refractivity contribution in [3.05, 3.63) is 18.2 Å². The molecule has 1 atom stereocenters. The second-order valence-corrected chi connectivity index (χ2v) is 2.56. The van der Waals surface area contributed by atoms with Gasteiger partial charge in [0.2, 0.25) is 0 Å². The lowest BCUT2D eigenvalue weighted by Crippen LogP contribution is -2.29. The number of nitrogens with one attached hydrogen (secondary N) is 1. The normalized spacial score (nSPS) is 12.4. The molecule has 4 heteroatoms. The molecule has 1 aromatic heterocycles. The molecular weight excluding hydrogens is 152 g/mol. The minimum absolute atomic E-state index is 0.0116. The Hall–Kier alpha value is -1.31. The Bertz CT molecular complexity index is 283. The van der Waals surface area contributed by atoms with Crippen molar-refractivity contribution < 1.29 is 0 Å². The molecule has 0 radical (unpaired) electrons. The van der Waals surface area contributed by atoms with E-state index in [1.165, 1.54) is 0 Å². The molecule has 0 aliphatic carbocycles. The molecule has 1 heterocycles. The molecule has 0 bridgehead atoms. The highest BCUT2D eigenvalue weighted by molar-refractivity contribution is 5.07. The fourth-order valence-corrected chi connectivity index (χ4v) is 1.07. The summed E-state index contributed by atoms with van der Waals surface area (Å²) in [5.41, 5.74) is 3.64. The van der Waals surface area contributed by atoms with E-state index >= 15 is 0 Å². The van der Waals surface area contributed by atoms with Gasteiger partial charge in [0, 0.05) is 19.7 Å². The molecular formula is C8H12N4. The van der Waals surface area contributed by atoms with Crippen molar-refractivity contribution in [2.75, 3.05) is 0 Å². The summed E-state index contributed by atoms with van der Waals surface area (Å²) in [6.07, 6.45) is 9.22. The fourth-order valence-electron chi connectivity index (χ4n) is 1.07. The lowest BCUT2D eigenvalue weighted by atomic mass is 10.2. The number of nitrogens with zero attached hydrogens (tertiary/aromatic N) is 2. The van der Waals surface area contributed by atoms with Crippen LogP contribution in [0.5, 0.6) is 0 Å². The highest BCUT2D eigenvalue weighted by Crippen LogP contribution is 2.12. The number of terminal acetylenes is 1. The fraction of sp³-hybridized carbons (Fsp3) is 0.375. The Kier molecular flexibility index (Phi) is 2.86. The second-order valence-electron chi connectivity index (χ2n) is 2.56. The molecule has 0 amide bonds. The van der Waals surface area contributed by atoms with Crippen LogP contribution in [0.1, 0.15) is 18.2 Å². The van der Waals surface area contributed by atoms with Crippen LogP contribution < -0.4 is 11.3 Å². The molecule has 64 valence electrons. The average Bonchev–Trinajstić information content (AvgIpc) is 2.47. The molecule has 1 rings (SSSR count). The summed E-state index contributed by atoms with van der Waals surface area (Å²) in [7, 11) is 1.91. The summed E-state index contributed by atoms with van der Waals surface area (Å²) in [5, 5.41) is 0. The quantitative estimate of drug-likeness (QED) is 0.374. The summed E-state index contributed by atoms with van der Waals surface area (Å²) >= 11 is 0. The van der Waals surface area contributed by atoms with Gasteiger partial charge in [-0.3, -0.25) is 11.3 Å². The summed E-state index contributed by atoms with van der Waals surface area (Å²) in [5.74, 6) is 7.88. The van der Waals surface area contributed by atoms with Crippen LogP contribution >= 0.6 is 0 Å². The third-order valence-electron chi connectivity index (χ3n) is 1.73. The maximum absolute atomic E-state index is 5.33. The van der Waals surface area contributed by atoms with E-state index in [2.05, 4.69) is 16.3 Å². The zero-order valence-corrected chi connectivity index (χ0v) is 6.99. The number of hydrogen-bond acceptors (Lipinski definition) is 3. The molecule has 1 aromatic rings. The number of hydrazine groups is 1. The molecule has 0 aliphatic rings. The van der Waals surface area contributed by atoms with Crippen molar-refractivity contribution in [3.63, 3.8) is 0 Å². The number of imidazole rings is 1. The van der Waals surface area contributed by atoms with Crippen molar-refractivity contribution >= 4 is 0 Å². The predicted molar refractivity (Wildman–Crippen MR) is 46.7 cm³/mol. The van der Waals surface area contributed by atoms with Gasteiger partial charge in [0.15, 0.2) is 0 Å². The molecule has 0 aliphatic heterocycles. The molecule has 3 N–H and O–H groups in total. The average molecular weight is 164 g/mol. The lowest BCUT2D eigenvalue weighted by molar-refractivity contribution is 0.536. The molecule has 0 spiro atoms. The molecule has 0 saturated heterocycles. The lowest BCUT2D eigenvalue weighted by Gasteiger charge is -2.12. The number of hydrogen-bond donors (Lipinski definition) is 2. The van der Waals surface area contributed by atoms with E-state index in [0.717, 1.165) is 5.69 Å². The van der Waals surface area contributed by atoms with Gasteiger partial charge in [0.1, 0.15) is 0 Å². The third-order valence-corrected chi connectivity index (χ3v) is 1.73. The van der Waals surface area contributed by atoms with E-state index in [4.69, 9.17) is 12.3 Å². The first kappa shape index (κ1) is 8.78.